The number of allylic oxidation sites excluding steroid dienone is 1. The van der Waals surface area contributed by atoms with Gasteiger partial charge >= 0.3 is 0 Å². The summed E-state index contributed by atoms with van der Waals surface area (Å²) in [6, 6.07) is 15.4. The summed E-state index contributed by atoms with van der Waals surface area (Å²) in [5.74, 6) is 1.02. The first-order valence-corrected chi connectivity index (χ1v) is 15.3. The minimum absolute atomic E-state index is 0.140. The monoisotopic (exact) mass is 536 g/mol. The molecule has 0 N–H and O–H groups in total. The minimum atomic E-state index is 0.140. The van der Waals surface area contributed by atoms with Gasteiger partial charge in [-0.25, -0.2) is 4.98 Å². The number of hydrogen-bond donors (Lipinski definition) is 0. The van der Waals surface area contributed by atoms with Crippen molar-refractivity contribution in [3.63, 3.8) is 0 Å². The van der Waals surface area contributed by atoms with Crippen LogP contribution in [0.5, 0.6) is 5.75 Å². The van der Waals surface area contributed by atoms with Crippen LogP contribution < -0.4 is 4.74 Å². The first kappa shape index (κ1) is 25.7. The molecule has 6 heterocycles. The molecular weight excluding hydrogens is 496 g/mol. The number of pyridine rings is 2. The number of aromatic nitrogens is 2. The second-order valence-electron chi connectivity index (χ2n) is 11.6. The van der Waals surface area contributed by atoms with E-state index in [4.69, 9.17) is 9.72 Å². The maximum atomic E-state index is 6.27. The Kier molecular flexibility index (Phi) is 7.49. The maximum Gasteiger partial charge on any atom is 0.121 e. The number of ether oxygens (including phenoxy) is 1. The van der Waals surface area contributed by atoms with Gasteiger partial charge in [0, 0.05) is 48.7 Å². The number of piperidine rings is 2. The molecule has 1 atom stereocenters. The summed E-state index contributed by atoms with van der Waals surface area (Å²) in [7, 11) is 0. The molecule has 0 spiro atoms. The van der Waals surface area contributed by atoms with Crippen molar-refractivity contribution in [2.24, 2.45) is 5.10 Å². The number of nitrogens with zero attached hydrogens (tertiary/aromatic N) is 6. The van der Waals surface area contributed by atoms with Crippen molar-refractivity contribution in [2.75, 3.05) is 45.9 Å². The SMILES string of the molecule is C1=NN2CCC=C2C1c1cc(-c2ccccn2)nc2cc(OCCCN3CCC(N4CCCCC4)CC3)ccc12. The third kappa shape index (κ3) is 5.37. The van der Waals surface area contributed by atoms with Crippen LogP contribution in [0.25, 0.3) is 22.3 Å². The number of fused-ring (bicyclic) bond motifs is 2. The third-order valence-corrected chi connectivity index (χ3v) is 9.09. The van der Waals surface area contributed by atoms with E-state index < -0.39 is 0 Å². The summed E-state index contributed by atoms with van der Waals surface area (Å²) in [6.07, 6.45) is 15.1. The molecule has 2 fully saturated rings. The molecule has 7 heteroatoms. The second kappa shape index (κ2) is 11.7. The third-order valence-electron chi connectivity index (χ3n) is 9.09. The van der Waals surface area contributed by atoms with Crippen LogP contribution in [0, 0.1) is 0 Å². The first-order chi connectivity index (χ1) is 19.8. The summed E-state index contributed by atoms with van der Waals surface area (Å²) >= 11 is 0. The molecule has 0 radical (unpaired) electrons. The Morgan fingerprint density at radius 3 is 2.65 bits per heavy atom. The van der Waals surface area contributed by atoms with E-state index in [0.29, 0.717) is 0 Å². The van der Waals surface area contributed by atoms with Crippen LogP contribution in [0.2, 0.25) is 0 Å². The smallest absolute Gasteiger partial charge is 0.121 e. The molecule has 0 amide bonds. The molecule has 4 aliphatic rings. The standard InChI is InChI=1S/C33H40N6O/c1-4-16-38(17-5-1)25-12-19-37(20-13-25)15-7-21-40-26-10-11-27-28(29-24-35-39-18-6-9-33(29)39)23-32(36-31(27)22-26)30-8-2-3-14-34-30/h2-3,8-11,14,22-25,29H,1,4-7,12-13,15-21H2. The molecule has 3 aromatic rings. The minimum Gasteiger partial charge on any atom is -0.493 e. The van der Waals surface area contributed by atoms with Crippen molar-refractivity contribution in [1.29, 1.82) is 0 Å². The number of rotatable bonds is 8. The van der Waals surface area contributed by atoms with E-state index in [1.54, 1.807) is 0 Å². The van der Waals surface area contributed by atoms with E-state index in [1.807, 2.05) is 24.4 Å². The highest BCUT2D eigenvalue weighted by atomic mass is 16.5. The van der Waals surface area contributed by atoms with Crippen LogP contribution in [-0.2, 0) is 0 Å². The van der Waals surface area contributed by atoms with Crippen molar-refractivity contribution in [3.05, 3.63) is 66.0 Å². The lowest BCUT2D eigenvalue weighted by Crippen LogP contribution is -2.46. The van der Waals surface area contributed by atoms with Crippen LogP contribution >= 0.6 is 0 Å². The second-order valence-corrected chi connectivity index (χ2v) is 11.6. The van der Waals surface area contributed by atoms with E-state index in [9.17, 15) is 0 Å². The van der Waals surface area contributed by atoms with E-state index >= 15 is 0 Å². The van der Waals surface area contributed by atoms with Gasteiger partial charge in [-0.2, -0.15) is 5.10 Å². The van der Waals surface area contributed by atoms with E-state index in [-0.39, 0.29) is 5.92 Å². The molecular formula is C33H40N6O. The average Bonchev–Trinajstić information content (AvgIpc) is 3.65. The van der Waals surface area contributed by atoms with Crippen LogP contribution in [-0.4, -0.2) is 82.9 Å². The lowest BCUT2D eigenvalue weighted by atomic mass is 9.93. The van der Waals surface area contributed by atoms with Crippen LogP contribution in [0.1, 0.15) is 56.4 Å². The van der Waals surface area contributed by atoms with Crippen LogP contribution in [0.3, 0.4) is 0 Å². The zero-order valence-electron chi connectivity index (χ0n) is 23.4. The summed E-state index contributed by atoms with van der Waals surface area (Å²) in [4.78, 5) is 15.0. The lowest BCUT2D eigenvalue weighted by molar-refractivity contribution is 0.0901. The zero-order chi connectivity index (χ0) is 26.7. The summed E-state index contributed by atoms with van der Waals surface area (Å²) in [5.41, 5.74) is 5.22. The summed E-state index contributed by atoms with van der Waals surface area (Å²) in [6.45, 7) is 7.87. The summed E-state index contributed by atoms with van der Waals surface area (Å²) < 4.78 is 6.27. The predicted octanol–water partition coefficient (Wildman–Crippen LogP) is 5.69. The van der Waals surface area contributed by atoms with Gasteiger partial charge in [0.2, 0.25) is 0 Å². The Hall–Kier alpha value is -3.29. The van der Waals surface area contributed by atoms with Gasteiger partial charge in [0.15, 0.2) is 0 Å². The molecule has 4 aliphatic heterocycles. The molecule has 7 nitrogen and oxygen atoms in total. The maximum absolute atomic E-state index is 6.27. The van der Waals surface area contributed by atoms with Crippen LogP contribution in [0.15, 0.2) is 65.5 Å². The van der Waals surface area contributed by atoms with Gasteiger partial charge in [-0.3, -0.25) is 9.99 Å². The average molecular weight is 537 g/mol. The molecule has 0 bridgehead atoms. The van der Waals surface area contributed by atoms with Gasteiger partial charge in [0.25, 0.3) is 0 Å². The molecule has 7 rings (SSSR count). The van der Waals surface area contributed by atoms with Gasteiger partial charge < -0.3 is 14.5 Å². The van der Waals surface area contributed by atoms with Gasteiger partial charge in [0.05, 0.1) is 29.4 Å². The Morgan fingerprint density at radius 1 is 0.900 bits per heavy atom. The number of hydrogen-bond acceptors (Lipinski definition) is 7. The highest BCUT2D eigenvalue weighted by Gasteiger charge is 2.30. The highest BCUT2D eigenvalue weighted by Crippen LogP contribution is 2.39. The van der Waals surface area contributed by atoms with E-state index in [0.717, 1.165) is 66.6 Å². The number of hydrazone groups is 1. The Morgan fingerprint density at radius 2 is 1.80 bits per heavy atom. The van der Waals surface area contributed by atoms with Gasteiger partial charge in [0.1, 0.15) is 5.75 Å². The van der Waals surface area contributed by atoms with Crippen molar-refractivity contribution < 1.29 is 4.74 Å². The normalized spacial score (nSPS) is 22.1. The van der Waals surface area contributed by atoms with Gasteiger partial charge in [-0.05, 0) is 101 Å². The quantitative estimate of drug-likeness (QED) is 0.345. The molecule has 40 heavy (non-hydrogen) atoms. The van der Waals surface area contributed by atoms with Crippen molar-refractivity contribution in [3.8, 4) is 17.1 Å². The van der Waals surface area contributed by atoms with E-state index in [2.05, 4.69) is 61.5 Å². The molecule has 2 saturated heterocycles. The molecule has 208 valence electrons. The fraction of sp³-hybridized carbons (Fsp3) is 0.485. The number of likely N-dealkylation sites (tertiary alicyclic amines) is 2. The molecule has 0 saturated carbocycles. The van der Waals surface area contributed by atoms with Gasteiger partial charge in [-0.1, -0.05) is 18.6 Å². The highest BCUT2D eigenvalue weighted by molar-refractivity contribution is 5.91. The fourth-order valence-corrected chi connectivity index (χ4v) is 6.94. The van der Waals surface area contributed by atoms with Crippen molar-refractivity contribution >= 4 is 17.1 Å². The molecule has 0 aliphatic carbocycles. The van der Waals surface area contributed by atoms with Gasteiger partial charge in [-0.15, -0.1) is 0 Å². The predicted molar refractivity (Wildman–Crippen MR) is 161 cm³/mol. The van der Waals surface area contributed by atoms with Crippen LogP contribution in [0.4, 0.5) is 0 Å². The Labute approximate surface area is 237 Å². The topological polar surface area (TPSA) is 57.1 Å². The fourth-order valence-electron chi connectivity index (χ4n) is 6.94. The largest absolute Gasteiger partial charge is 0.493 e. The molecule has 2 aromatic heterocycles. The zero-order valence-corrected chi connectivity index (χ0v) is 23.4. The van der Waals surface area contributed by atoms with Crippen molar-refractivity contribution in [2.45, 2.75) is 56.9 Å². The summed E-state index contributed by atoms with van der Waals surface area (Å²) in [5, 5.41) is 7.95. The molecule has 1 unspecified atom stereocenters. The lowest BCUT2D eigenvalue weighted by Gasteiger charge is -2.40. The number of benzene rings is 1. The first-order valence-electron chi connectivity index (χ1n) is 15.3. The van der Waals surface area contributed by atoms with E-state index in [1.165, 1.54) is 69.5 Å². The molecule has 1 aromatic carbocycles. The Balaban J connectivity index is 1.02. The van der Waals surface area contributed by atoms with Crippen molar-refractivity contribution in [1.82, 2.24) is 24.8 Å². The Bertz CT molecular complexity index is 1370.